The van der Waals surface area contributed by atoms with Crippen LogP contribution in [0.3, 0.4) is 0 Å². The zero-order valence-electron chi connectivity index (χ0n) is 8.02. The molecule has 1 aromatic carbocycles. The highest BCUT2D eigenvalue weighted by atomic mass is 79.9. The van der Waals surface area contributed by atoms with Crippen LogP contribution in [0, 0.1) is 5.82 Å². The zero-order valence-corrected chi connectivity index (χ0v) is 9.60. The SMILES string of the molecule is CCc1c(F)cccc1CC(=O)CBr. The molecule has 0 spiro atoms. The standard InChI is InChI=1S/C11H12BrFO/c1-2-10-8(6-9(14)7-12)4-3-5-11(10)13/h3-5H,2,6-7H2,1H3. The van der Waals surface area contributed by atoms with Gasteiger partial charge in [0.15, 0.2) is 0 Å². The van der Waals surface area contributed by atoms with E-state index in [1.807, 2.05) is 13.0 Å². The van der Waals surface area contributed by atoms with Crippen LogP contribution in [-0.2, 0) is 17.6 Å². The number of carbonyl (C=O) groups excluding carboxylic acids is 1. The van der Waals surface area contributed by atoms with Crippen molar-refractivity contribution in [1.29, 1.82) is 0 Å². The first-order valence-corrected chi connectivity index (χ1v) is 5.65. The topological polar surface area (TPSA) is 17.1 Å². The first kappa shape index (κ1) is 11.4. The van der Waals surface area contributed by atoms with Crippen LogP contribution in [0.15, 0.2) is 18.2 Å². The van der Waals surface area contributed by atoms with E-state index in [4.69, 9.17) is 0 Å². The number of ketones is 1. The molecule has 14 heavy (non-hydrogen) atoms. The van der Waals surface area contributed by atoms with Crippen molar-refractivity contribution in [1.82, 2.24) is 0 Å². The van der Waals surface area contributed by atoms with Gasteiger partial charge in [-0.2, -0.15) is 0 Å². The summed E-state index contributed by atoms with van der Waals surface area (Å²) < 4.78 is 13.3. The lowest BCUT2D eigenvalue weighted by Crippen LogP contribution is -2.07. The summed E-state index contributed by atoms with van der Waals surface area (Å²) in [5.74, 6) is -0.141. The Morgan fingerprint density at radius 3 is 2.79 bits per heavy atom. The van der Waals surface area contributed by atoms with Crippen molar-refractivity contribution in [3.8, 4) is 0 Å². The monoisotopic (exact) mass is 258 g/mol. The van der Waals surface area contributed by atoms with Crippen molar-refractivity contribution in [3.63, 3.8) is 0 Å². The van der Waals surface area contributed by atoms with E-state index in [0.717, 1.165) is 5.56 Å². The van der Waals surface area contributed by atoms with Crippen molar-refractivity contribution >= 4 is 21.7 Å². The summed E-state index contributed by atoms with van der Waals surface area (Å²) in [4.78, 5) is 11.2. The van der Waals surface area contributed by atoms with Crippen molar-refractivity contribution in [2.75, 3.05) is 5.33 Å². The fourth-order valence-corrected chi connectivity index (χ4v) is 1.62. The minimum Gasteiger partial charge on any atom is -0.298 e. The molecule has 0 aliphatic rings. The van der Waals surface area contributed by atoms with Crippen LogP contribution in [0.25, 0.3) is 0 Å². The Hall–Kier alpha value is -0.700. The van der Waals surface area contributed by atoms with Gasteiger partial charge in [-0.3, -0.25) is 4.79 Å². The Balaban J connectivity index is 2.96. The number of hydrogen-bond donors (Lipinski definition) is 0. The summed E-state index contributed by atoms with van der Waals surface area (Å²) >= 11 is 3.09. The van der Waals surface area contributed by atoms with Gasteiger partial charge in [-0.1, -0.05) is 35.0 Å². The predicted octanol–water partition coefficient (Wildman–Crippen LogP) is 2.89. The number of carbonyl (C=O) groups is 1. The van der Waals surface area contributed by atoms with E-state index >= 15 is 0 Å². The molecule has 0 aliphatic carbocycles. The summed E-state index contributed by atoms with van der Waals surface area (Å²) in [5, 5.41) is 0.326. The highest BCUT2D eigenvalue weighted by Gasteiger charge is 2.09. The Morgan fingerprint density at radius 1 is 1.50 bits per heavy atom. The van der Waals surface area contributed by atoms with E-state index in [1.165, 1.54) is 6.07 Å². The van der Waals surface area contributed by atoms with Crippen molar-refractivity contribution in [2.24, 2.45) is 0 Å². The summed E-state index contributed by atoms with van der Waals surface area (Å²) in [6, 6.07) is 4.88. The fraction of sp³-hybridized carbons (Fsp3) is 0.364. The second kappa shape index (κ2) is 5.25. The number of alkyl halides is 1. The summed E-state index contributed by atoms with van der Waals surface area (Å²) in [6.07, 6.45) is 0.934. The number of halogens is 2. The second-order valence-electron chi connectivity index (χ2n) is 3.08. The molecule has 0 unspecified atom stereocenters. The molecule has 0 radical (unpaired) electrons. The molecule has 0 atom stereocenters. The Morgan fingerprint density at radius 2 is 2.21 bits per heavy atom. The van der Waals surface area contributed by atoms with Gasteiger partial charge in [0.05, 0.1) is 5.33 Å². The maximum Gasteiger partial charge on any atom is 0.147 e. The normalized spacial score (nSPS) is 10.2. The van der Waals surface area contributed by atoms with Crippen LogP contribution in [0.1, 0.15) is 18.1 Å². The van der Waals surface area contributed by atoms with Crippen LogP contribution < -0.4 is 0 Å². The first-order chi connectivity index (χ1) is 6.69. The van der Waals surface area contributed by atoms with Crippen LogP contribution >= 0.6 is 15.9 Å². The molecule has 0 amide bonds. The van der Waals surface area contributed by atoms with E-state index in [1.54, 1.807) is 6.07 Å². The third-order valence-electron chi connectivity index (χ3n) is 2.11. The number of rotatable bonds is 4. The third kappa shape index (κ3) is 2.64. The second-order valence-corrected chi connectivity index (χ2v) is 3.64. The number of hydrogen-bond acceptors (Lipinski definition) is 1. The molecule has 0 aromatic heterocycles. The van der Waals surface area contributed by atoms with Gasteiger partial charge in [0.2, 0.25) is 0 Å². The zero-order chi connectivity index (χ0) is 10.6. The van der Waals surface area contributed by atoms with Gasteiger partial charge < -0.3 is 0 Å². The molecule has 0 N–H and O–H groups in total. The van der Waals surface area contributed by atoms with Gasteiger partial charge >= 0.3 is 0 Å². The smallest absolute Gasteiger partial charge is 0.147 e. The molecule has 3 heteroatoms. The molecule has 1 rings (SSSR count). The minimum atomic E-state index is -0.215. The third-order valence-corrected chi connectivity index (χ3v) is 2.73. The molecule has 1 nitrogen and oxygen atoms in total. The molecule has 0 fully saturated rings. The maximum atomic E-state index is 13.3. The molecular weight excluding hydrogens is 247 g/mol. The molecule has 0 bridgehead atoms. The molecule has 0 saturated carbocycles. The van der Waals surface area contributed by atoms with Gasteiger partial charge in [0.25, 0.3) is 0 Å². The lowest BCUT2D eigenvalue weighted by Gasteiger charge is -2.06. The van der Waals surface area contributed by atoms with E-state index in [-0.39, 0.29) is 11.6 Å². The highest BCUT2D eigenvalue weighted by Crippen LogP contribution is 2.15. The molecule has 1 aromatic rings. The van der Waals surface area contributed by atoms with Crippen LogP contribution in [0.2, 0.25) is 0 Å². The largest absolute Gasteiger partial charge is 0.298 e. The van der Waals surface area contributed by atoms with Gasteiger partial charge in [-0.15, -0.1) is 0 Å². The Bertz CT molecular complexity index is 336. The number of benzene rings is 1. The molecule has 76 valence electrons. The molecule has 0 aliphatic heterocycles. The maximum absolute atomic E-state index is 13.3. The average molecular weight is 259 g/mol. The van der Waals surface area contributed by atoms with Gasteiger partial charge in [-0.25, -0.2) is 4.39 Å². The van der Waals surface area contributed by atoms with Crippen molar-refractivity contribution < 1.29 is 9.18 Å². The molecule has 0 heterocycles. The van der Waals surface area contributed by atoms with E-state index in [2.05, 4.69) is 15.9 Å². The highest BCUT2D eigenvalue weighted by molar-refractivity contribution is 9.09. The van der Waals surface area contributed by atoms with Gasteiger partial charge in [0, 0.05) is 6.42 Å². The first-order valence-electron chi connectivity index (χ1n) is 4.53. The van der Waals surface area contributed by atoms with Crippen LogP contribution in [0.4, 0.5) is 4.39 Å². The van der Waals surface area contributed by atoms with Crippen molar-refractivity contribution in [2.45, 2.75) is 19.8 Å². The van der Waals surface area contributed by atoms with E-state index in [9.17, 15) is 9.18 Å². The van der Waals surface area contributed by atoms with E-state index < -0.39 is 0 Å². The average Bonchev–Trinajstić information content (AvgIpc) is 2.18. The molecule has 0 saturated heterocycles. The summed E-state index contributed by atoms with van der Waals surface area (Å²) in [5.41, 5.74) is 1.46. The van der Waals surface area contributed by atoms with Gasteiger partial charge in [-0.05, 0) is 23.6 Å². The molecular formula is C11H12BrFO. The Labute approximate surface area is 91.5 Å². The lowest BCUT2D eigenvalue weighted by molar-refractivity contribution is -0.115. The summed E-state index contributed by atoms with van der Waals surface area (Å²) in [7, 11) is 0. The minimum absolute atomic E-state index is 0.0744. The predicted molar refractivity (Wildman–Crippen MR) is 58.3 cm³/mol. The quantitative estimate of drug-likeness (QED) is 0.760. The lowest BCUT2D eigenvalue weighted by atomic mass is 10.0. The van der Waals surface area contributed by atoms with Crippen molar-refractivity contribution in [3.05, 3.63) is 35.1 Å². The van der Waals surface area contributed by atoms with Crippen LogP contribution in [-0.4, -0.2) is 11.1 Å². The van der Waals surface area contributed by atoms with Crippen LogP contribution in [0.5, 0.6) is 0 Å². The summed E-state index contributed by atoms with van der Waals surface area (Å²) in [6.45, 7) is 1.89. The Kier molecular flexibility index (Phi) is 4.26. The van der Waals surface area contributed by atoms with E-state index in [0.29, 0.717) is 23.7 Å². The van der Waals surface area contributed by atoms with Gasteiger partial charge in [0.1, 0.15) is 11.6 Å². The number of Topliss-reactive ketones (excluding diaryl/α,β-unsaturated/α-hetero) is 1. The fourth-order valence-electron chi connectivity index (χ4n) is 1.42.